The highest BCUT2D eigenvalue weighted by Gasteiger charge is 2.16. The van der Waals surface area contributed by atoms with Crippen LogP contribution in [0.2, 0.25) is 0 Å². The van der Waals surface area contributed by atoms with E-state index >= 15 is 0 Å². The maximum Gasteiger partial charge on any atom is 0.349 e. The molecule has 1 aromatic heterocycles. The molecule has 5 nitrogen and oxygen atoms in total. The Bertz CT molecular complexity index is 672. The molecule has 0 aliphatic heterocycles. The third-order valence-corrected chi connectivity index (χ3v) is 3.18. The number of hydrogen-bond donors (Lipinski definition) is 1. The van der Waals surface area contributed by atoms with Crippen molar-refractivity contribution in [2.45, 2.75) is 0 Å². The van der Waals surface area contributed by atoms with E-state index in [0.717, 1.165) is 29.5 Å². The van der Waals surface area contributed by atoms with Crippen molar-refractivity contribution in [2.75, 3.05) is 12.4 Å². The third-order valence-electron chi connectivity index (χ3n) is 2.29. The van der Waals surface area contributed by atoms with Gasteiger partial charge >= 0.3 is 5.97 Å². The second-order valence-electron chi connectivity index (χ2n) is 3.60. The van der Waals surface area contributed by atoms with Gasteiger partial charge in [0.05, 0.1) is 18.9 Å². The molecule has 2 rings (SSSR count). The summed E-state index contributed by atoms with van der Waals surface area (Å²) in [6, 6.07) is 2.54. The van der Waals surface area contributed by atoms with Gasteiger partial charge in [0.1, 0.15) is 16.5 Å². The number of halogens is 2. The highest BCUT2D eigenvalue weighted by Crippen LogP contribution is 2.20. The van der Waals surface area contributed by atoms with Gasteiger partial charge in [-0.25, -0.2) is 18.6 Å². The van der Waals surface area contributed by atoms with Crippen LogP contribution in [-0.2, 0) is 4.74 Å². The molecule has 1 aromatic carbocycles. The van der Waals surface area contributed by atoms with Crippen molar-refractivity contribution >= 4 is 28.3 Å². The molecule has 0 aliphatic carbocycles. The van der Waals surface area contributed by atoms with Crippen LogP contribution in [0.1, 0.15) is 20.0 Å². The number of ether oxygens (including phenoxy) is 1. The monoisotopic (exact) mass is 298 g/mol. The van der Waals surface area contributed by atoms with Crippen LogP contribution in [0, 0.1) is 11.6 Å². The van der Waals surface area contributed by atoms with Crippen molar-refractivity contribution in [1.82, 2.24) is 4.98 Å². The van der Waals surface area contributed by atoms with Crippen LogP contribution in [0.5, 0.6) is 0 Å². The van der Waals surface area contributed by atoms with Gasteiger partial charge in [-0.2, -0.15) is 0 Å². The minimum absolute atomic E-state index is 0.0825. The van der Waals surface area contributed by atoms with E-state index in [-0.39, 0.29) is 10.0 Å². The lowest BCUT2D eigenvalue weighted by molar-refractivity contribution is 0.0606. The molecule has 0 bridgehead atoms. The molecule has 0 atom stereocenters. The number of esters is 1. The molecule has 1 heterocycles. The zero-order chi connectivity index (χ0) is 14.7. The largest absolute Gasteiger partial charge is 0.465 e. The number of methoxy groups -OCH3 is 1. The Labute approximate surface area is 116 Å². The molecule has 0 saturated carbocycles. The minimum Gasteiger partial charge on any atom is -0.465 e. The third kappa shape index (κ3) is 2.97. The number of carbonyl (C=O) groups excluding carboxylic acids is 2. The number of benzene rings is 1. The first-order chi connectivity index (χ1) is 9.51. The van der Waals surface area contributed by atoms with Crippen molar-refractivity contribution in [2.24, 2.45) is 0 Å². The van der Waals surface area contributed by atoms with Crippen molar-refractivity contribution in [3.05, 3.63) is 46.5 Å². The quantitative estimate of drug-likeness (QED) is 0.884. The van der Waals surface area contributed by atoms with Crippen LogP contribution < -0.4 is 5.32 Å². The summed E-state index contributed by atoms with van der Waals surface area (Å²) >= 11 is 0.865. The predicted octanol–water partition coefficient (Wildman–Crippen LogP) is 2.46. The normalized spacial score (nSPS) is 10.2. The summed E-state index contributed by atoms with van der Waals surface area (Å²) in [6.07, 6.45) is 1.22. The average molecular weight is 298 g/mol. The van der Waals surface area contributed by atoms with Gasteiger partial charge in [-0.3, -0.25) is 10.1 Å². The number of amides is 1. The first-order valence-electron chi connectivity index (χ1n) is 5.32. The average Bonchev–Trinajstić information content (AvgIpc) is 2.89. The van der Waals surface area contributed by atoms with E-state index in [2.05, 4.69) is 15.0 Å². The van der Waals surface area contributed by atoms with Crippen LogP contribution >= 0.6 is 11.3 Å². The Kier molecular flexibility index (Phi) is 4.04. The summed E-state index contributed by atoms with van der Waals surface area (Å²) < 4.78 is 30.9. The second-order valence-corrected chi connectivity index (χ2v) is 4.63. The fourth-order valence-electron chi connectivity index (χ4n) is 1.36. The van der Waals surface area contributed by atoms with E-state index < -0.39 is 29.1 Å². The standard InChI is InChI=1S/C12H8F2N2O3S/c1-19-11(18)9-5-15-12(20-9)16-10(17)7-4-6(13)2-3-8(7)14/h2-5H,1H3,(H,15,16,17). The van der Waals surface area contributed by atoms with E-state index in [1.54, 1.807) is 0 Å². The van der Waals surface area contributed by atoms with Crippen molar-refractivity contribution in [3.8, 4) is 0 Å². The summed E-state index contributed by atoms with van der Waals surface area (Å²) in [5, 5.41) is 2.36. The number of hydrogen-bond acceptors (Lipinski definition) is 5. The Hall–Kier alpha value is -2.35. The van der Waals surface area contributed by atoms with Crippen LogP contribution in [0.4, 0.5) is 13.9 Å². The van der Waals surface area contributed by atoms with Gasteiger partial charge in [0.25, 0.3) is 5.91 Å². The molecule has 0 radical (unpaired) electrons. The molecular weight excluding hydrogens is 290 g/mol. The smallest absolute Gasteiger partial charge is 0.349 e. The molecule has 20 heavy (non-hydrogen) atoms. The van der Waals surface area contributed by atoms with Gasteiger partial charge in [0.15, 0.2) is 5.13 Å². The van der Waals surface area contributed by atoms with Crippen LogP contribution in [0.25, 0.3) is 0 Å². The van der Waals surface area contributed by atoms with Gasteiger partial charge in [-0.1, -0.05) is 11.3 Å². The van der Waals surface area contributed by atoms with E-state index in [9.17, 15) is 18.4 Å². The zero-order valence-corrected chi connectivity index (χ0v) is 11.0. The molecule has 2 aromatic rings. The van der Waals surface area contributed by atoms with E-state index in [1.165, 1.54) is 13.3 Å². The highest BCUT2D eigenvalue weighted by atomic mass is 32.1. The summed E-state index contributed by atoms with van der Waals surface area (Å²) in [7, 11) is 1.21. The maximum atomic E-state index is 13.4. The number of anilines is 1. The van der Waals surface area contributed by atoms with E-state index in [1.807, 2.05) is 0 Å². The molecule has 1 N–H and O–H groups in total. The SMILES string of the molecule is COC(=O)c1cnc(NC(=O)c2cc(F)ccc2F)s1. The number of nitrogens with one attached hydrogen (secondary N) is 1. The first-order valence-corrected chi connectivity index (χ1v) is 6.13. The predicted molar refractivity (Wildman–Crippen MR) is 67.8 cm³/mol. The molecule has 0 unspecified atom stereocenters. The molecule has 0 saturated heterocycles. The minimum atomic E-state index is -0.854. The topological polar surface area (TPSA) is 68.3 Å². The number of rotatable bonds is 3. The Morgan fingerprint density at radius 2 is 2.10 bits per heavy atom. The molecule has 0 aliphatic rings. The van der Waals surface area contributed by atoms with Crippen molar-refractivity contribution in [3.63, 3.8) is 0 Å². The molecule has 0 spiro atoms. The Morgan fingerprint density at radius 3 is 2.80 bits per heavy atom. The zero-order valence-electron chi connectivity index (χ0n) is 10.1. The summed E-state index contributed by atoms with van der Waals surface area (Å²) in [4.78, 5) is 26.9. The second kappa shape index (κ2) is 5.74. The molecule has 104 valence electrons. The summed E-state index contributed by atoms with van der Waals surface area (Å²) in [5.41, 5.74) is -0.445. The molecular formula is C12H8F2N2O3S. The maximum absolute atomic E-state index is 13.4. The van der Waals surface area contributed by atoms with Gasteiger partial charge in [-0.05, 0) is 18.2 Å². The molecule has 1 amide bonds. The molecule has 0 fully saturated rings. The number of nitrogens with zero attached hydrogens (tertiary/aromatic N) is 1. The lowest BCUT2D eigenvalue weighted by Crippen LogP contribution is -2.13. The first kappa shape index (κ1) is 14.1. The van der Waals surface area contributed by atoms with Crippen LogP contribution in [-0.4, -0.2) is 24.0 Å². The lowest BCUT2D eigenvalue weighted by atomic mass is 10.2. The fourth-order valence-corrected chi connectivity index (χ4v) is 2.09. The van der Waals surface area contributed by atoms with Gasteiger partial charge < -0.3 is 4.74 Å². The number of thiazole rings is 1. The van der Waals surface area contributed by atoms with Gasteiger partial charge in [-0.15, -0.1) is 0 Å². The van der Waals surface area contributed by atoms with Crippen molar-refractivity contribution < 1.29 is 23.1 Å². The van der Waals surface area contributed by atoms with Gasteiger partial charge in [0, 0.05) is 0 Å². The number of carbonyl (C=O) groups is 2. The van der Waals surface area contributed by atoms with Crippen LogP contribution in [0.15, 0.2) is 24.4 Å². The Balaban J connectivity index is 2.17. The summed E-state index contributed by atoms with van der Waals surface area (Å²) in [5.74, 6) is -3.03. The fraction of sp³-hybridized carbons (Fsp3) is 0.0833. The van der Waals surface area contributed by atoms with E-state index in [0.29, 0.717) is 0 Å². The van der Waals surface area contributed by atoms with Crippen LogP contribution in [0.3, 0.4) is 0 Å². The van der Waals surface area contributed by atoms with E-state index in [4.69, 9.17) is 0 Å². The lowest BCUT2D eigenvalue weighted by Gasteiger charge is -2.03. The number of aromatic nitrogens is 1. The van der Waals surface area contributed by atoms with Crippen molar-refractivity contribution in [1.29, 1.82) is 0 Å². The van der Waals surface area contributed by atoms with Gasteiger partial charge in [0.2, 0.25) is 0 Å². The Morgan fingerprint density at radius 1 is 1.35 bits per heavy atom. The summed E-state index contributed by atoms with van der Waals surface area (Å²) in [6.45, 7) is 0. The highest BCUT2D eigenvalue weighted by molar-refractivity contribution is 7.17. The molecule has 8 heteroatoms.